The summed E-state index contributed by atoms with van der Waals surface area (Å²) in [5.74, 6) is 1.17. The minimum Gasteiger partial charge on any atom is -0.342 e. The van der Waals surface area contributed by atoms with Crippen molar-refractivity contribution in [3.63, 3.8) is 0 Å². The molecule has 1 saturated heterocycles. The Hall–Kier alpha value is -1.35. The van der Waals surface area contributed by atoms with Gasteiger partial charge in [0.1, 0.15) is 0 Å². The topological polar surface area (TPSA) is 46.3 Å². The maximum Gasteiger partial charge on any atom is 0.226 e. The average molecular weight is 302 g/mol. The molecule has 1 amide bonds. The molecular formula is C19H30N2O. The number of hydrogen-bond acceptors (Lipinski definition) is 2. The van der Waals surface area contributed by atoms with Crippen LogP contribution in [-0.4, -0.2) is 29.9 Å². The number of benzene rings is 1. The number of amides is 1. The van der Waals surface area contributed by atoms with Crippen molar-refractivity contribution in [1.29, 1.82) is 0 Å². The fourth-order valence-corrected chi connectivity index (χ4v) is 3.35. The van der Waals surface area contributed by atoms with Crippen LogP contribution in [0.3, 0.4) is 0 Å². The van der Waals surface area contributed by atoms with Gasteiger partial charge in [-0.25, -0.2) is 0 Å². The standard InChI is InChI=1S/C19H30N2O/c1-14(2)18(12-16-8-5-4-6-9-16)19(22)21-11-7-10-17(13-21)15(3)20/h4-6,8-9,14-15,17-18H,7,10-13,20H2,1-3H3. The van der Waals surface area contributed by atoms with Gasteiger partial charge in [0, 0.05) is 25.0 Å². The van der Waals surface area contributed by atoms with Gasteiger partial charge in [0.05, 0.1) is 0 Å². The highest BCUT2D eigenvalue weighted by molar-refractivity contribution is 5.79. The molecular weight excluding hydrogens is 272 g/mol. The predicted molar refractivity (Wildman–Crippen MR) is 91.4 cm³/mol. The van der Waals surface area contributed by atoms with Crippen LogP contribution in [0.25, 0.3) is 0 Å². The van der Waals surface area contributed by atoms with Crippen LogP contribution >= 0.6 is 0 Å². The van der Waals surface area contributed by atoms with E-state index in [-0.39, 0.29) is 12.0 Å². The molecule has 3 atom stereocenters. The van der Waals surface area contributed by atoms with Crippen molar-refractivity contribution >= 4 is 5.91 Å². The van der Waals surface area contributed by atoms with E-state index in [0.717, 1.165) is 32.4 Å². The molecule has 1 heterocycles. The van der Waals surface area contributed by atoms with Crippen LogP contribution in [0.4, 0.5) is 0 Å². The number of carbonyl (C=O) groups excluding carboxylic acids is 1. The molecule has 3 heteroatoms. The Labute approximate surface area is 134 Å². The Morgan fingerprint density at radius 1 is 1.27 bits per heavy atom. The number of nitrogens with zero attached hydrogens (tertiary/aromatic N) is 1. The summed E-state index contributed by atoms with van der Waals surface area (Å²) in [6.45, 7) is 8.08. The number of nitrogens with two attached hydrogens (primary N) is 1. The summed E-state index contributed by atoms with van der Waals surface area (Å²) in [6, 6.07) is 10.5. The lowest BCUT2D eigenvalue weighted by Gasteiger charge is -2.37. The zero-order chi connectivity index (χ0) is 16.1. The molecule has 0 saturated carbocycles. The molecule has 0 bridgehead atoms. The molecule has 2 rings (SSSR count). The molecule has 1 aromatic rings. The van der Waals surface area contributed by atoms with Crippen molar-refractivity contribution in [2.75, 3.05) is 13.1 Å². The zero-order valence-corrected chi connectivity index (χ0v) is 14.2. The van der Waals surface area contributed by atoms with Gasteiger partial charge in [-0.2, -0.15) is 0 Å². The van der Waals surface area contributed by atoms with E-state index in [4.69, 9.17) is 5.73 Å². The van der Waals surface area contributed by atoms with Crippen molar-refractivity contribution in [3.05, 3.63) is 35.9 Å². The van der Waals surface area contributed by atoms with Gasteiger partial charge in [-0.15, -0.1) is 0 Å². The first-order chi connectivity index (χ1) is 10.5. The van der Waals surface area contributed by atoms with Crippen molar-refractivity contribution in [2.45, 2.75) is 46.1 Å². The van der Waals surface area contributed by atoms with Crippen LogP contribution in [0, 0.1) is 17.8 Å². The number of hydrogen-bond donors (Lipinski definition) is 1. The van der Waals surface area contributed by atoms with Crippen molar-refractivity contribution in [3.8, 4) is 0 Å². The van der Waals surface area contributed by atoms with Gasteiger partial charge in [-0.3, -0.25) is 4.79 Å². The normalized spacial score (nSPS) is 21.7. The molecule has 1 aliphatic heterocycles. The molecule has 22 heavy (non-hydrogen) atoms. The number of piperidine rings is 1. The van der Waals surface area contributed by atoms with Gasteiger partial charge < -0.3 is 10.6 Å². The van der Waals surface area contributed by atoms with Crippen molar-refractivity contribution in [2.24, 2.45) is 23.5 Å². The molecule has 1 aromatic carbocycles. The monoisotopic (exact) mass is 302 g/mol. The summed E-state index contributed by atoms with van der Waals surface area (Å²) in [5, 5.41) is 0. The van der Waals surface area contributed by atoms with E-state index in [1.165, 1.54) is 5.56 Å². The number of likely N-dealkylation sites (tertiary alicyclic amines) is 1. The minimum absolute atomic E-state index is 0.0641. The highest BCUT2D eigenvalue weighted by Gasteiger charge is 2.31. The Bertz CT molecular complexity index is 470. The minimum atomic E-state index is 0.0641. The molecule has 122 valence electrons. The number of carbonyl (C=O) groups is 1. The predicted octanol–water partition coefficient (Wildman–Crippen LogP) is 3.09. The smallest absolute Gasteiger partial charge is 0.226 e. The lowest BCUT2D eigenvalue weighted by atomic mass is 9.86. The first-order valence-corrected chi connectivity index (χ1v) is 8.57. The molecule has 1 aliphatic rings. The molecule has 0 spiro atoms. The summed E-state index contributed by atoms with van der Waals surface area (Å²) in [5.41, 5.74) is 7.30. The van der Waals surface area contributed by atoms with E-state index in [2.05, 4.69) is 37.8 Å². The highest BCUT2D eigenvalue weighted by atomic mass is 16.2. The van der Waals surface area contributed by atoms with Gasteiger partial charge >= 0.3 is 0 Å². The second-order valence-corrected chi connectivity index (χ2v) is 7.09. The molecule has 3 nitrogen and oxygen atoms in total. The summed E-state index contributed by atoms with van der Waals surface area (Å²) < 4.78 is 0. The number of rotatable bonds is 5. The quantitative estimate of drug-likeness (QED) is 0.908. The molecule has 0 aromatic heterocycles. The first kappa shape index (κ1) is 17.0. The van der Waals surface area contributed by atoms with E-state index in [9.17, 15) is 4.79 Å². The van der Waals surface area contributed by atoms with Gasteiger partial charge in [0.15, 0.2) is 0 Å². The Kier molecular flexibility index (Phi) is 6.01. The van der Waals surface area contributed by atoms with Crippen molar-refractivity contribution < 1.29 is 4.79 Å². The van der Waals surface area contributed by atoms with Crippen LogP contribution < -0.4 is 5.73 Å². The van der Waals surface area contributed by atoms with E-state index < -0.39 is 0 Å². The molecule has 2 N–H and O–H groups in total. The fraction of sp³-hybridized carbons (Fsp3) is 0.632. The zero-order valence-electron chi connectivity index (χ0n) is 14.2. The Balaban J connectivity index is 2.06. The molecule has 1 fully saturated rings. The van der Waals surface area contributed by atoms with E-state index in [0.29, 0.717) is 17.7 Å². The van der Waals surface area contributed by atoms with Crippen LogP contribution in [0.1, 0.15) is 39.2 Å². The van der Waals surface area contributed by atoms with E-state index in [1.807, 2.05) is 18.2 Å². The molecule has 3 unspecified atom stereocenters. The van der Waals surface area contributed by atoms with Gasteiger partial charge in [0.25, 0.3) is 0 Å². The van der Waals surface area contributed by atoms with E-state index >= 15 is 0 Å². The largest absolute Gasteiger partial charge is 0.342 e. The lowest BCUT2D eigenvalue weighted by molar-refractivity contribution is -0.139. The van der Waals surface area contributed by atoms with Crippen LogP contribution in [-0.2, 0) is 11.2 Å². The maximum atomic E-state index is 13.0. The van der Waals surface area contributed by atoms with Gasteiger partial charge in [-0.05, 0) is 43.6 Å². The van der Waals surface area contributed by atoms with Crippen molar-refractivity contribution in [1.82, 2.24) is 4.90 Å². The lowest BCUT2D eigenvalue weighted by Crippen LogP contribution is -2.48. The third-order valence-electron chi connectivity index (χ3n) is 4.93. The SMILES string of the molecule is CC(C)C(Cc1ccccc1)C(=O)N1CCCC(C(C)N)C1. The van der Waals surface area contributed by atoms with Crippen LogP contribution in [0.2, 0.25) is 0 Å². The first-order valence-electron chi connectivity index (χ1n) is 8.57. The molecule has 0 radical (unpaired) electrons. The second kappa shape index (κ2) is 7.77. The maximum absolute atomic E-state index is 13.0. The third kappa shape index (κ3) is 4.33. The highest BCUT2D eigenvalue weighted by Crippen LogP contribution is 2.25. The average Bonchev–Trinajstić information content (AvgIpc) is 2.53. The summed E-state index contributed by atoms with van der Waals surface area (Å²) in [4.78, 5) is 15.1. The Morgan fingerprint density at radius 3 is 2.55 bits per heavy atom. The summed E-state index contributed by atoms with van der Waals surface area (Å²) >= 11 is 0. The fourth-order valence-electron chi connectivity index (χ4n) is 3.35. The second-order valence-electron chi connectivity index (χ2n) is 7.09. The van der Waals surface area contributed by atoms with Gasteiger partial charge in [0.2, 0.25) is 5.91 Å². The Morgan fingerprint density at radius 2 is 1.95 bits per heavy atom. The van der Waals surface area contributed by atoms with Gasteiger partial charge in [-0.1, -0.05) is 44.2 Å². The summed E-state index contributed by atoms with van der Waals surface area (Å²) in [7, 11) is 0. The third-order valence-corrected chi connectivity index (χ3v) is 4.93. The van der Waals surface area contributed by atoms with E-state index in [1.54, 1.807) is 0 Å². The summed E-state index contributed by atoms with van der Waals surface area (Å²) in [6.07, 6.45) is 3.05. The van der Waals surface area contributed by atoms with Crippen LogP contribution in [0.15, 0.2) is 30.3 Å². The molecule has 0 aliphatic carbocycles. The van der Waals surface area contributed by atoms with Crippen LogP contribution in [0.5, 0.6) is 0 Å².